The van der Waals surface area contributed by atoms with Crippen molar-refractivity contribution in [2.45, 2.75) is 18.4 Å². The number of carbonyl (C=O) groups is 1. The molecule has 0 spiro atoms. The van der Waals surface area contributed by atoms with E-state index in [1.54, 1.807) is 36.4 Å². The highest BCUT2D eigenvalue weighted by Gasteiger charge is 2.14. The van der Waals surface area contributed by atoms with E-state index in [1.165, 1.54) is 30.1 Å². The molecule has 3 aromatic rings. The number of amides is 1. The van der Waals surface area contributed by atoms with Crippen molar-refractivity contribution in [1.29, 1.82) is 0 Å². The number of nitro groups is 1. The maximum absolute atomic E-state index is 12.1. The van der Waals surface area contributed by atoms with Crippen molar-refractivity contribution < 1.29 is 19.2 Å². The number of hydrogen-bond acceptors (Lipinski definition) is 7. The van der Waals surface area contributed by atoms with Crippen molar-refractivity contribution in [1.82, 2.24) is 5.43 Å². The molecule has 35 heavy (non-hydrogen) atoms. The predicted molar refractivity (Wildman–Crippen MR) is 138 cm³/mol. The molecule has 0 unspecified atom stereocenters. The van der Waals surface area contributed by atoms with Crippen LogP contribution < -0.4 is 14.9 Å². The first-order chi connectivity index (χ1) is 16.9. The largest absolute Gasteiger partial charge is 0.490 e. The number of halogens is 2. The van der Waals surface area contributed by atoms with E-state index >= 15 is 0 Å². The molecule has 0 fully saturated rings. The van der Waals surface area contributed by atoms with Gasteiger partial charge in [-0.25, -0.2) is 5.43 Å². The number of nitro benzene ring substituents is 1. The van der Waals surface area contributed by atoms with Gasteiger partial charge in [0.15, 0.2) is 11.5 Å². The monoisotopic (exact) mass is 533 g/mol. The van der Waals surface area contributed by atoms with Crippen LogP contribution in [-0.2, 0) is 11.4 Å². The second kappa shape index (κ2) is 13.0. The Morgan fingerprint density at radius 1 is 1.14 bits per heavy atom. The molecule has 1 N–H and O–H groups in total. The Bertz CT molecular complexity index is 1220. The third-order valence-corrected chi connectivity index (χ3v) is 5.97. The molecule has 0 aliphatic rings. The maximum Gasteiger partial charge on any atom is 0.269 e. The molecule has 3 rings (SSSR count). The van der Waals surface area contributed by atoms with Crippen molar-refractivity contribution >= 4 is 52.8 Å². The number of carbonyl (C=O) groups excluding carboxylic acids is 1. The Morgan fingerprint density at radius 3 is 2.63 bits per heavy atom. The van der Waals surface area contributed by atoms with Gasteiger partial charge in [-0.15, -0.1) is 11.8 Å². The lowest BCUT2D eigenvalue weighted by atomic mass is 10.2. The highest BCUT2D eigenvalue weighted by atomic mass is 35.5. The van der Waals surface area contributed by atoms with Gasteiger partial charge in [-0.3, -0.25) is 14.9 Å². The van der Waals surface area contributed by atoms with E-state index in [1.807, 2.05) is 19.1 Å². The zero-order valence-corrected chi connectivity index (χ0v) is 20.9. The quantitative estimate of drug-likeness (QED) is 0.138. The second-order valence-corrected chi connectivity index (χ2v) is 8.91. The molecule has 0 bridgehead atoms. The fourth-order valence-corrected chi connectivity index (χ4v) is 3.96. The Morgan fingerprint density at radius 2 is 1.91 bits per heavy atom. The molecule has 1 amide bonds. The van der Waals surface area contributed by atoms with Gasteiger partial charge in [0.05, 0.1) is 28.5 Å². The van der Waals surface area contributed by atoms with Crippen LogP contribution in [-0.4, -0.2) is 29.4 Å². The number of hydrazone groups is 1. The highest BCUT2D eigenvalue weighted by molar-refractivity contribution is 8.00. The first-order valence-electron chi connectivity index (χ1n) is 10.4. The molecule has 0 atom stereocenters. The van der Waals surface area contributed by atoms with Crippen molar-refractivity contribution in [2.75, 3.05) is 12.4 Å². The number of nitrogens with one attached hydrogen (secondary N) is 1. The molecule has 0 heterocycles. The van der Waals surface area contributed by atoms with Crippen LogP contribution in [0.4, 0.5) is 5.69 Å². The molecule has 11 heteroatoms. The van der Waals surface area contributed by atoms with Crippen molar-refractivity contribution in [3.8, 4) is 11.5 Å². The third-order valence-electron chi connectivity index (χ3n) is 4.42. The average molecular weight is 534 g/mol. The number of thioether (sulfide) groups is 1. The average Bonchev–Trinajstić information content (AvgIpc) is 2.83. The fourth-order valence-electron chi connectivity index (χ4n) is 2.87. The zero-order valence-electron chi connectivity index (χ0n) is 18.6. The van der Waals surface area contributed by atoms with Gasteiger partial charge in [-0.05, 0) is 54.4 Å². The summed E-state index contributed by atoms with van der Waals surface area (Å²) < 4.78 is 11.5. The van der Waals surface area contributed by atoms with Crippen LogP contribution in [0.15, 0.2) is 70.7 Å². The Balaban J connectivity index is 1.62. The van der Waals surface area contributed by atoms with Gasteiger partial charge >= 0.3 is 0 Å². The summed E-state index contributed by atoms with van der Waals surface area (Å²) in [4.78, 5) is 23.5. The van der Waals surface area contributed by atoms with E-state index in [0.717, 1.165) is 4.90 Å². The van der Waals surface area contributed by atoms with Crippen LogP contribution in [0, 0.1) is 10.1 Å². The van der Waals surface area contributed by atoms with Crippen molar-refractivity contribution in [3.63, 3.8) is 0 Å². The second-order valence-electron chi connectivity index (χ2n) is 7.01. The standard InChI is InChI=1S/C24H21Cl2N3O5S/c1-2-33-22-12-17(13-27-28-23(30)15-35-20-8-6-18(25)7-9-20)11-21(26)24(22)34-14-16-4-3-5-19(10-16)29(31)32/h3-13H,2,14-15H2,1H3,(H,28,30)/b27-13-. The lowest BCUT2D eigenvalue weighted by Crippen LogP contribution is -2.19. The summed E-state index contributed by atoms with van der Waals surface area (Å²) in [5.41, 5.74) is 3.65. The molecule has 0 saturated carbocycles. The van der Waals surface area contributed by atoms with Gasteiger partial charge in [0.2, 0.25) is 5.91 Å². The minimum atomic E-state index is -0.467. The summed E-state index contributed by atoms with van der Waals surface area (Å²) in [7, 11) is 0. The topological polar surface area (TPSA) is 103 Å². The third kappa shape index (κ3) is 8.17. The number of benzene rings is 3. The Hall–Kier alpha value is -3.27. The summed E-state index contributed by atoms with van der Waals surface area (Å²) in [6.07, 6.45) is 1.45. The molecule has 0 aromatic heterocycles. The van der Waals surface area contributed by atoms with Crippen LogP contribution in [0.2, 0.25) is 10.0 Å². The van der Waals surface area contributed by atoms with Crippen molar-refractivity contribution in [3.05, 3.63) is 92.0 Å². The molecule has 0 aliphatic heterocycles. The highest BCUT2D eigenvalue weighted by Crippen LogP contribution is 2.37. The van der Waals surface area contributed by atoms with E-state index in [2.05, 4.69) is 10.5 Å². The van der Waals surface area contributed by atoms with Gasteiger partial charge in [-0.1, -0.05) is 35.3 Å². The van der Waals surface area contributed by atoms with Crippen LogP contribution in [0.25, 0.3) is 0 Å². The van der Waals surface area contributed by atoms with E-state index in [9.17, 15) is 14.9 Å². The molecule has 0 aliphatic carbocycles. The summed E-state index contributed by atoms with van der Waals surface area (Å²) in [5.74, 6) is 0.611. The summed E-state index contributed by atoms with van der Waals surface area (Å²) in [5, 5.41) is 15.9. The number of hydrogen-bond donors (Lipinski definition) is 1. The first kappa shape index (κ1) is 26.3. The normalized spacial score (nSPS) is 10.8. The van der Waals surface area contributed by atoms with Crippen LogP contribution >= 0.6 is 35.0 Å². The Kier molecular flexibility index (Phi) is 9.77. The number of rotatable bonds is 11. The van der Waals surface area contributed by atoms with Gasteiger partial charge in [0.1, 0.15) is 6.61 Å². The van der Waals surface area contributed by atoms with E-state index in [0.29, 0.717) is 34.3 Å². The molecule has 3 aromatic carbocycles. The van der Waals surface area contributed by atoms with E-state index < -0.39 is 4.92 Å². The predicted octanol–water partition coefficient (Wildman–Crippen LogP) is 6.12. The summed E-state index contributed by atoms with van der Waals surface area (Å²) in [6.45, 7) is 2.25. The molecular weight excluding hydrogens is 513 g/mol. The van der Waals surface area contributed by atoms with Gasteiger partial charge in [-0.2, -0.15) is 5.10 Å². The molecule has 8 nitrogen and oxygen atoms in total. The lowest BCUT2D eigenvalue weighted by molar-refractivity contribution is -0.384. The summed E-state index contributed by atoms with van der Waals surface area (Å²) in [6, 6.07) is 16.6. The van der Waals surface area contributed by atoms with Gasteiger partial charge in [0.25, 0.3) is 5.69 Å². The van der Waals surface area contributed by atoms with Crippen LogP contribution in [0.5, 0.6) is 11.5 Å². The molecular formula is C24H21Cl2N3O5S. The minimum absolute atomic E-state index is 0.0256. The summed E-state index contributed by atoms with van der Waals surface area (Å²) >= 11 is 13.6. The maximum atomic E-state index is 12.1. The molecule has 0 radical (unpaired) electrons. The van der Waals surface area contributed by atoms with Gasteiger partial charge in [0, 0.05) is 22.1 Å². The number of nitrogens with zero attached hydrogens (tertiary/aromatic N) is 2. The zero-order chi connectivity index (χ0) is 25.2. The number of ether oxygens (including phenoxy) is 2. The van der Waals surface area contributed by atoms with Crippen LogP contribution in [0.1, 0.15) is 18.1 Å². The first-order valence-corrected chi connectivity index (χ1v) is 12.1. The van der Waals surface area contributed by atoms with Gasteiger partial charge < -0.3 is 9.47 Å². The lowest BCUT2D eigenvalue weighted by Gasteiger charge is -2.14. The smallest absolute Gasteiger partial charge is 0.269 e. The Labute approximate surface area is 216 Å². The van der Waals surface area contributed by atoms with E-state index in [-0.39, 0.29) is 29.0 Å². The molecule has 182 valence electrons. The van der Waals surface area contributed by atoms with Crippen molar-refractivity contribution in [2.24, 2.45) is 5.10 Å². The molecule has 0 saturated heterocycles. The van der Waals surface area contributed by atoms with Crippen LogP contribution in [0.3, 0.4) is 0 Å². The SMILES string of the molecule is CCOc1cc(/C=N\NC(=O)CSc2ccc(Cl)cc2)cc(Cl)c1OCc1cccc([N+](=O)[O-])c1. The number of non-ortho nitro benzene ring substituents is 1. The van der Waals surface area contributed by atoms with E-state index in [4.69, 9.17) is 32.7 Å². The minimum Gasteiger partial charge on any atom is -0.490 e. The fraction of sp³-hybridized carbons (Fsp3) is 0.167.